The van der Waals surface area contributed by atoms with Crippen LogP contribution in [0, 0.1) is 11.8 Å². The number of aromatic nitrogens is 1. The van der Waals surface area contributed by atoms with Gasteiger partial charge in [-0.15, -0.1) is 0 Å². The molecule has 2 aromatic rings. The minimum absolute atomic E-state index is 0. The smallest absolute Gasteiger partial charge is 0.319 e. The number of nitrogens with one attached hydrogen (secondary N) is 1. The number of hydrogen-bond acceptors (Lipinski definition) is 3. The molecule has 0 radical (unpaired) electrons. The number of nitrogens with zero attached hydrogens (tertiary/aromatic N) is 1. The molecule has 4 bridgehead atoms. The second-order valence-electron chi connectivity index (χ2n) is 8.15. The summed E-state index contributed by atoms with van der Waals surface area (Å²) < 4.78 is 5.43. The molecule has 5 heteroatoms. The Balaban J connectivity index is 0.00000168. The fourth-order valence-corrected chi connectivity index (χ4v) is 6.27. The maximum Gasteiger partial charge on any atom is 0.319 e. The topological polar surface area (TPSA) is 45.3 Å². The first-order chi connectivity index (χ1) is 12.2. The van der Waals surface area contributed by atoms with E-state index in [0.29, 0.717) is 11.8 Å². The van der Waals surface area contributed by atoms with Crippen molar-refractivity contribution in [2.24, 2.45) is 11.8 Å². The Labute approximate surface area is 160 Å². The molecular formula is C21H26ClN2O2-. The molecule has 0 amide bonds. The summed E-state index contributed by atoms with van der Waals surface area (Å²) >= 11 is 0. The summed E-state index contributed by atoms with van der Waals surface area (Å²) in [6, 6.07) is 8.75. The predicted octanol–water partition coefficient (Wildman–Crippen LogP) is 0.259. The second kappa shape index (κ2) is 6.28. The van der Waals surface area contributed by atoms with Crippen LogP contribution in [0.15, 0.2) is 24.3 Å². The highest BCUT2D eigenvalue weighted by molar-refractivity contribution is 5.91. The van der Waals surface area contributed by atoms with Crippen LogP contribution in [0.1, 0.15) is 37.4 Å². The standard InChI is InChI=1S/C21H26N2O2.ClH/c1-3-14-10-13-11-21(20(24)25-2)18-16(8-9-23(12-13)19(14)21)15-6-4-5-7-17(15)22-18;/h4-7,13-14,19,22H,3,8-12H2,1-2H3;1H/p-1/t13?,14-,19?,21?;/m0./s1. The third-order valence-corrected chi connectivity index (χ3v) is 7.07. The van der Waals surface area contributed by atoms with Gasteiger partial charge in [-0.05, 0) is 42.7 Å². The summed E-state index contributed by atoms with van der Waals surface area (Å²) in [5.74, 6) is 1.12. The molecule has 0 spiro atoms. The predicted molar refractivity (Wildman–Crippen MR) is 97.6 cm³/mol. The zero-order valence-electron chi connectivity index (χ0n) is 15.4. The van der Waals surface area contributed by atoms with Crippen LogP contribution in [-0.4, -0.2) is 42.1 Å². The number of benzene rings is 1. The number of methoxy groups -OCH3 is 1. The molecule has 5 atom stereocenters. The molecule has 4 heterocycles. The van der Waals surface area contributed by atoms with Crippen LogP contribution in [0.25, 0.3) is 10.9 Å². The third kappa shape index (κ3) is 2.15. The van der Waals surface area contributed by atoms with Gasteiger partial charge in [0.15, 0.2) is 0 Å². The van der Waals surface area contributed by atoms with Crippen molar-refractivity contribution in [3.8, 4) is 0 Å². The molecule has 26 heavy (non-hydrogen) atoms. The van der Waals surface area contributed by atoms with Crippen LogP contribution in [0.4, 0.5) is 0 Å². The molecule has 1 aromatic heterocycles. The van der Waals surface area contributed by atoms with Crippen molar-refractivity contribution in [1.82, 2.24) is 9.88 Å². The Morgan fingerprint density at radius 1 is 1.38 bits per heavy atom. The van der Waals surface area contributed by atoms with Crippen molar-refractivity contribution >= 4 is 16.9 Å². The maximum absolute atomic E-state index is 13.3. The molecular weight excluding hydrogens is 348 g/mol. The monoisotopic (exact) mass is 373 g/mol. The highest BCUT2D eigenvalue weighted by Gasteiger charge is 2.62. The number of para-hydroxylation sites is 1. The highest BCUT2D eigenvalue weighted by atomic mass is 35.5. The average molecular weight is 374 g/mol. The van der Waals surface area contributed by atoms with Crippen molar-refractivity contribution in [2.45, 2.75) is 44.1 Å². The first-order valence-electron chi connectivity index (χ1n) is 9.61. The molecule has 1 saturated carbocycles. The number of rotatable bonds is 2. The molecule has 1 N–H and O–H groups in total. The number of carbonyl (C=O) groups is 1. The van der Waals surface area contributed by atoms with Crippen molar-refractivity contribution in [3.05, 3.63) is 35.5 Å². The molecule has 1 aromatic carbocycles. The second-order valence-corrected chi connectivity index (χ2v) is 8.15. The van der Waals surface area contributed by atoms with E-state index >= 15 is 0 Å². The number of carbonyl (C=O) groups excluding carboxylic acids is 1. The first kappa shape index (κ1) is 17.9. The molecule has 1 aliphatic carbocycles. The van der Waals surface area contributed by atoms with Gasteiger partial charge in [0.05, 0.1) is 7.11 Å². The van der Waals surface area contributed by atoms with E-state index < -0.39 is 5.41 Å². The minimum atomic E-state index is -0.526. The third-order valence-electron chi connectivity index (χ3n) is 7.07. The minimum Gasteiger partial charge on any atom is -1.00 e. The van der Waals surface area contributed by atoms with Crippen LogP contribution in [-0.2, 0) is 21.4 Å². The summed E-state index contributed by atoms with van der Waals surface area (Å²) in [7, 11) is 1.55. The van der Waals surface area contributed by atoms with Gasteiger partial charge in [-0.3, -0.25) is 9.69 Å². The zero-order valence-corrected chi connectivity index (χ0v) is 16.2. The number of halogens is 1. The molecule has 4 aliphatic rings. The van der Waals surface area contributed by atoms with Gasteiger partial charge >= 0.3 is 5.97 Å². The summed E-state index contributed by atoms with van der Waals surface area (Å²) in [5, 5.41) is 1.28. The van der Waals surface area contributed by atoms with E-state index in [1.165, 1.54) is 17.4 Å². The van der Waals surface area contributed by atoms with Crippen molar-refractivity contribution < 1.29 is 21.9 Å². The summed E-state index contributed by atoms with van der Waals surface area (Å²) in [5.41, 5.74) is 3.11. The van der Waals surface area contributed by atoms with Gasteiger partial charge in [0.25, 0.3) is 0 Å². The Morgan fingerprint density at radius 3 is 2.96 bits per heavy atom. The lowest BCUT2D eigenvalue weighted by Crippen LogP contribution is -3.00. The van der Waals surface area contributed by atoms with E-state index in [0.717, 1.165) is 43.6 Å². The molecule has 2 saturated heterocycles. The quantitative estimate of drug-likeness (QED) is 0.768. The Bertz CT molecular complexity index is 848. The summed E-state index contributed by atoms with van der Waals surface area (Å²) in [6.07, 6.45) is 4.33. The first-order valence-corrected chi connectivity index (χ1v) is 9.61. The van der Waals surface area contributed by atoms with E-state index in [9.17, 15) is 4.79 Å². The molecule has 3 fully saturated rings. The lowest BCUT2D eigenvalue weighted by atomic mass is 9.56. The van der Waals surface area contributed by atoms with Gasteiger partial charge in [0.2, 0.25) is 0 Å². The number of aromatic amines is 1. The lowest BCUT2D eigenvalue weighted by molar-refractivity contribution is -0.162. The Morgan fingerprint density at radius 2 is 2.19 bits per heavy atom. The molecule has 4 nitrogen and oxygen atoms in total. The fourth-order valence-electron chi connectivity index (χ4n) is 6.27. The van der Waals surface area contributed by atoms with Gasteiger partial charge in [0.1, 0.15) is 5.41 Å². The number of esters is 1. The van der Waals surface area contributed by atoms with Gasteiger partial charge in [-0.25, -0.2) is 0 Å². The largest absolute Gasteiger partial charge is 1.00 e. The van der Waals surface area contributed by atoms with Crippen LogP contribution < -0.4 is 12.4 Å². The summed E-state index contributed by atoms with van der Waals surface area (Å²) in [4.78, 5) is 19.5. The number of piperidine rings is 2. The molecule has 140 valence electrons. The van der Waals surface area contributed by atoms with Crippen molar-refractivity contribution in [3.63, 3.8) is 0 Å². The van der Waals surface area contributed by atoms with E-state index in [1.807, 2.05) is 0 Å². The number of hydrogen-bond donors (Lipinski definition) is 1. The molecule has 4 unspecified atom stereocenters. The number of ether oxygens (including phenoxy) is 1. The fraction of sp³-hybridized carbons (Fsp3) is 0.571. The van der Waals surface area contributed by atoms with Gasteiger partial charge in [-0.2, -0.15) is 0 Å². The van der Waals surface area contributed by atoms with E-state index in [1.54, 1.807) is 7.11 Å². The number of fused-ring (bicyclic) bond motifs is 4. The van der Waals surface area contributed by atoms with Crippen LogP contribution in [0.5, 0.6) is 0 Å². The van der Waals surface area contributed by atoms with E-state index in [-0.39, 0.29) is 24.4 Å². The van der Waals surface area contributed by atoms with Gasteiger partial charge in [-0.1, -0.05) is 31.5 Å². The van der Waals surface area contributed by atoms with Crippen molar-refractivity contribution in [1.29, 1.82) is 0 Å². The van der Waals surface area contributed by atoms with Crippen LogP contribution >= 0.6 is 0 Å². The zero-order chi connectivity index (χ0) is 17.2. The van der Waals surface area contributed by atoms with Gasteiger partial charge in [0, 0.05) is 35.7 Å². The lowest BCUT2D eigenvalue weighted by Gasteiger charge is -2.57. The molecule has 6 rings (SSSR count). The van der Waals surface area contributed by atoms with E-state index in [2.05, 4.69) is 41.1 Å². The van der Waals surface area contributed by atoms with E-state index in [4.69, 9.17) is 4.74 Å². The highest BCUT2D eigenvalue weighted by Crippen LogP contribution is 2.55. The van der Waals surface area contributed by atoms with Crippen LogP contribution in [0.2, 0.25) is 0 Å². The Hall–Kier alpha value is -1.52. The molecule has 3 aliphatic heterocycles. The van der Waals surface area contributed by atoms with Crippen molar-refractivity contribution in [2.75, 3.05) is 20.2 Å². The number of H-pyrrole nitrogens is 1. The van der Waals surface area contributed by atoms with Gasteiger partial charge < -0.3 is 22.1 Å². The van der Waals surface area contributed by atoms with Crippen LogP contribution in [0.3, 0.4) is 0 Å². The average Bonchev–Trinajstić information content (AvgIpc) is 3.00. The summed E-state index contributed by atoms with van der Waals surface area (Å²) in [6.45, 7) is 4.46. The maximum atomic E-state index is 13.3. The SMILES string of the molecule is CC[C@H]1CC2CN3CCc4c([nH]c5ccccc45)C(C(=O)OC)(C2)C13.[Cl-]. The normalized spacial score (nSPS) is 34.7. The Kier molecular flexibility index (Phi) is 4.31.